The van der Waals surface area contributed by atoms with Crippen LogP contribution in [-0.2, 0) is 6.54 Å². The maximum absolute atomic E-state index is 6.10. The van der Waals surface area contributed by atoms with Gasteiger partial charge in [0.2, 0.25) is 5.88 Å². The van der Waals surface area contributed by atoms with Gasteiger partial charge in [0, 0.05) is 38.4 Å². The Hall–Kier alpha value is -2.67. The predicted octanol–water partition coefficient (Wildman–Crippen LogP) is 3.18. The Morgan fingerprint density at radius 1 is 1.11 bits per heavy atom. The third-order valence-electron chi connectivity index (χ3n) is 5.87. The number of nitrogens with zero attached hydrogens (tertiary/aromatic N) is 5. The summed E-state index contributed by atoms with van der Waals surface area (Å²) in [7, 11) is 0. The van der Waals surface area contributed by atoms with Crippen LogP contribution in [0.2, 0.25) is 0 Å². The van der Waals surface area contributed by atoms with Crippen molar-refractivity contribution in [2.45, 2.75) is 38.8 Å². The number of anilines is 1. The van der Waals surface area contributed by atoms with Crippen LogP contribution < -0.4 is 9.64 Å². The fourth-order valence-electron chi connectivity index (χ4n) is 3.81. The fraction of sp³-hybridized carbons (Fsp3) is 0.476. The van der Waals surface area contributed by atoms with Crippen molar-refractivity contribution in [3.05, 3.63) is 42.4 Å². The number of rotatable bonds is 5. The Morgan fingerprint density at radius 3 is 2.68 bits per heavy atom. The molecule has 2 fully saturated rings. The lowest BCUT2D eigenvalue weighted by atomic mass is 9.96. The van der Waals surface area contributed by atoms with Gasteiger partial charge in [0.1, 0.15) is 18.2 Å². The molecule has 0 radical (unpaired) electrons. The number of ether oxygens (including phenoxy) is 1. The largest absolute Gasteiger partial charge is 0.474 e. The van der Waals surface area contributed by atoms with Crippen LogP contribution in [0, 0.1) is 6.92 Å². The van der Waals surface area contributed by atoms with E-state index in [1.807, 2.05) is 6.92 Å². The molecule has 3 aromatic rings. The van der Waals surface area contributed by atoms with Gasteiger partial charge in [-0.1, -0.05) is 0 Å². The molecule has 0 spiro atoms. The number of hydrogen-bond donors (Lipinski definition) is 0. The number of piperazine rings is 1. The highest BCUT2D eigenvalue weighted by Crippen LogP contribution is 2.31. The maximum atomic E-state index is 6.10. The molecule has 7 nitrogen and oxygen atoms in total. The first kappa shape index (κ1) is 17.4. The molecule has 7 heteroatoms. The Kier molecular flexibility index (Phi) is 4.60. The van der Waals surface area contributed by atoms with Crippen LogP contribution in [0.4, 0.5) is 5.69 Å². The van der Waals surface area contributed by atoms with Crippen molar-refractivity contribution in [1.82, 2.24) is 19.9 Å². The molecule has 1 aliphatic heterocycles. The summed E-state index contributed by atoms with van der Waals surface area (Å²) in [5.74, 6) is 1.63. The molecule has 0 N–H and O–H groups in total. The van der Waals surface area contributed by atoms with E-state index in [2.05, 4.69) is 43.0 Å². The quantitative estimate of drug-likeness (QED) is 0.674. The molecular formula is C21H25N5O2. The van der Waals surface area contributed by atoms with Crippen LogP contribution in [0.15, 0.2) is 35.3 Å². The van der Waals surface area contributed by atoms with E-state index in [9.17, 15) is 0 Å². The van der Waals surface area contributed by atoms with Crippen molar-refractivity contribution in [3.8, 4) is 5.88 Å². The van der Waals surface area contributed by atoms with Gasteiger partial charge in [0.25, 0.3) is 0 Å². The lowest BCUT2D eigenvalue weighted by Gasteiger charge is -2.36. The van der Waals surface area contributed by atoms with Gasteiger partial charge < -0.3 is 14.1 Å². The Bertz CT molecular complexity index is 960. The van der Waals surface area contributed by atoms with Gasteiger partial charge >= 0.3 is 0 Å². The van der Waals surface area contributed by atoms with Crippen molar-refractivity contribution in [3.63, 3.8) is 0 Å². The predicted molar refractivity (Wildman–Crippen MR) is 107 cm³/mol. The van der Waals surface area contributed by atoms with Crippen LogP contribution in [0.25, 0.3) is 10.9 Å². The topological polar surface area (TPSA) is 67.5 Å². The van der Waals surface area contributed by atoms with Gasteiger partial charge in [0.15, 0.2) is 6.39 Å². The van der Waals surface area contributed by atoms with Gasteiger partial charge in [-0.2, -0.15) is 0 Å². The number of hydrogen-bond acceptors (Lipinski definition) is 7. The highest BCUT2D eigenvalue weighted by atomic mass is 16.5. The molecule has 0 bridgehead atoms. The van der Waals surface area contributed by atoms with Crippen molar-refractivity contribution in [2.24, 2.45) is 0 Å². The van der Waals surface area contributed by atoms with Crippen LogP contribution in [0.5, 0.6) is 5.88 Å². The van der Waals surface area contributed by atoms with Crippen molar-refractivity contribution < 1.29 is 9.15 Å². The number of aromatic nitrogens is 3. The van der Waals surface area contributed by atoms with Crippen LogP contribution >= 0.6 is 0 Å². The highest BCUT2D eigenvalue weighted by molar-refractivity contribution is 5.86. The lowest BCUT2D eigenvalue weighted by Crippen LogP contribution is -2.46. The van der Waals surface area contributed by atoms with E-state index in [4.69, 9.17) is 9.15 Å². The third kappa shape index (κ3) is 3.42. The zero-order chi connectivity index (χ0) is 18.9. The summed E-state index contributed by atoms with van der Waals surface area (Å²) in [4.78, 5) is 18.0. The monoisotopic (exact) mass is 379 g/mol. The minimum absolute atomic E-state index is 0.310. The van der Waals surface area contributed by atoms with Gasteiger partial charge in [-0.25, -0.2) is 15.0 Å². The van der Waals surface area contributed by atoms with Gasteiger partial charge in [-0.3, -0.25) is 4.90 Å². The first-order valence-electron chi connectivity index (χ1n) is 10.0. The number of oxazole rings is 1. The zero-order valence-electron chi connectivity index (χ0n) is 16.2. The summed E-state index contributed by atoms with van der Waals surface area (Å²) >= 11 is 0. The average Bonchev–Trinajstić information content (AvgIpc) is 3.09. The molecule has 1 saturated carbocycles. The summed E-state index contributed by atoms with van der Waals surface area (Å²) in [5.41, 5.74) is 3.18. The zero-order valence-corrected chi connectivity index (χ0v) is 16.2. The van der Waals surface area contributed by atoms with Crippen molar-refractivity contribution in [1.29, 1.82) is 0 Å². The SMILES string of the molecule is Cc1ocnc1CN1CCN(c2ccc3ncnc(OC4CCC4)c3c2)CC1. The number of fused-ring (bicyclic) bond motifs is 1. The molecule has 2 aliphatic rings. The molecule has 0 unspecified atom stereocenters. The Morgan fingerprint density at radius 2 is 1.96 bits per heavy atom. The summed E-state index contributed by atoms with van der Waals surface area (Å²) < 4.78 is 11.4. The smallest absolute Gasteiger partial charge is 0.224 e. The molecule has 146 valence electrons. The Labute approximate surface area is 164 Å². The normalized spacial score (nSPS) is 18.4. The van der Waals surface area contributed by atoms with E-state index >= 15 is 0 Å². The molecule has 1 aliphatic carbocycles. The number of aryl methyl sites for hydroxylation is 1. The minimum Gasteiger partial charge on any atom is -0.474 e. The molecule has 2 aromatic heterocycles. The summed E-state index contributed by atoms with van der Waals surface area (Å²) in [6.45, 7) is 6.78. The second-order valence-corrected chi connectivity index (χ2v) is 7.67. The fourth-order valence-corrected chi connectivity index (χ4v) is 3.81. The van der Waals surface area contributed by atoms with E-state index in [0.29, 0.717) is 6.10 Å². The van der Waals surface area contributed by atoms with Crippen LogP contribution in [0.3, 0.4) is 0 Å². The maximum Gasteiger partial charge on any atom is 0.224 e. The first-order valence-corrected chi connectivity index (χ1v) is 10.0. The van der Waals surface area contributed by atoms with Crippen molar-refractivity contribution in [2.75, 3.05) is 31.1 Å². The van der Waals surface area contributed by atoms with Gasteiger partial charge in [0.05, 0.1) is 16.6 Å². The molecule has 3 heterocycles. The van der Waals surface area contributed by atoms with E-state index in [-0.39, 0.29) is 0 Å². The van der Waals surface area contributed by atoms with E-state index in [0.717, 1.165) is 73.8 Å². The summed E-state index contributed by atoms with van der Waals surface area (Å²) in [6.07, 6.45) is 6.93. The lowest BCUT2D eigenvalue weighted by molar-refractivity contribution is 0.116. The highest BCUT2D eigenvalue weighted by Gasteiger charge is 2.22. The molecule has 0 amide bonds. The average molecular weight is 379 g/mol. The van der Waals surface area contributed by atoms with Crippen molar-refractivity contribution >= 4 is 16.6 Å². The second kappa shape index (κ2) is 7.39. The number of benzene rings is 1. The van der Waals surface area contributed by atoms with E-state index in [1.165, 1.54) is 18.5 Å². The molecule has 1 aromatic carbocycles. The second-order valence-electron chi connectivity index (χ2n) is 7.67. The Balaban J connectivity index is 1.29. The molecule has 0 atom stereocenters. The third-order valence-corrected chi connectivity index (χ3v) is 5.87. The van der Waals surface area contributed by atoms with E-state index < -0.39 is 0 Å². The summed E-state index contributed by atoms with van der Waals surface area (Å²) in [6, 6.07) is 6.41. The molecular weight excluding hydrogens is 354 g/mol. The van der Waals surface area contributed by atoms with Crippen LogP contribution in [0.1, 0.15) is 30.7 Å². The van der Waals surface area contributed by atoms with Crippen LogP contribution in [-0.4, -0.2) is 52.1 Å². The van der Waals surface area contributed by atoms with Gasteiger partial charge in [-0.05, 0) is 44.4 Å². The molecule has 1 saturated heterocycles. The first-order chi connectivity index (χ1) is 13.8. The van der Waals surface area contributed by atoms with E-state index in [1.54, 1.807) is 6.33 Å². The standard InChI is InChI=1S/C21H25N5O2/c1-15-20(24-14-27-15)12-25-7-9-26(10-8-25)16-5-6-19-18(11-16)21(23-13-22-19)28-17-3-2-4-17/h5-6,11,13-14,17H,2-4,7-10,12H2,1H3. The van der Waals surface area contributed by atoms with Gasteiger partial charge in [-0.15, -0.1) is 0 Å². The molecule has 5 rings (SSSR count). The molecule has 28 heavy (non-hydrogen) atoms. The summed E-state index contributed by atoms with van der Waals surface area (Å²) in [5, 5.41) is 1.01. The minimum atomic E-state index is 0.310.